The predicted octanol–water partition coefficient (Wildman–Crippen LogP) is 4.25. The van der Waals surface area contributed by atoms with Crippen LogP contribution in [0.5, 0.6) is 0 Å². The molecule has 3 heteroatoms. The van der Waals surface area contributed by atoms with Crippen molar-refractivity contribution >= 4 is 5.69 Å². The Morgan fingerprint density at radius 2 is 2.15 bits per heavy atom. The number of nitrogens with zero attached hydrogens (tertiary/aromatic N) is 2. The number of hydrogen-bond donors (Lipinski definition) is 1. The minimum Gasteiger partial charge on any atom is -0.382 e. The Balaban J connectivity index is 1.79. The number of aromatic nitrogens is 2. The highest BCUT2D eigenvalue weighted by molar-refractivity contribution is 5.51. The number of nitrogens with one attached hydrogen (secondary N) is 1. The predicted molar refractivity (Wildman–Crippen MR) is 83.2 cm³/mol. The first-order chi connectivity index (χ1) is 9.65. The molecule has 0 spiro atoms. The van der Waals surface area contributed by atoms with Gasteiger partial charge < -0.3 is 5.32 Å². The smallest absolute Gasteiger partial charge is 0.0666 e. The Morgan fingerprint density at radius 3 is 2.90 bits per heavy atom. The second kappa shape index (κ2) is 5.31. The maximum absolute atomic E-state index is 4.29. The molecular weight excluding hydrogens is 246 g/mol. The lowest BCUT2D eigenvalue weighted by Crippen LogP contribution is -2.38. The molecule has 106 valence electrons. The molecule has 1 heterocycles. The van der Waals surface area contributed by atoms with E-state index in [0.29, 0.717) is 11.5 Å². The van der Waals surface area contributed by atoms with Crippen LogP contribution >= 0.6 is 0 Å². The van der Waals surface area contributed by atoms with Gasteiger partial charge in [0, 0.05) is 24.1 Å². The maximum Gasteiger partial charge on any atom is 0.0666 e. The molecule has 1 aliphatic carbocycles. The molecule has 2 aromatic rings. The van der Waals surface area contributed by atoms with E-state index in [0.717, 1.165) is 5.69 Å². The summed E-state index contributed by atoms with van der Waals surface area (Å²) < 4.78 is 1.90. The fraction of sp³-hybridized carbons (Fsp3) is 0.471. The van der Waals surface area contributed by atoms with Gasteiger partial charge in [-0.3, -0.25) is 0 Å². The van der Waals surface area contributed by atoms with E-state index in [2.05, 4.69) is 48.5 Å². The Labute approximate surface area is 121 Å². The molecule has 0 radical (unpaired) electrons. The Morgan fingerprint density at radius 1 is 1.25 bits per heavy atom. The van der Waals surface area contributed by atoms with Gasteiger partial charge in [-0.15, -0.1) is 0 Å². The maximum atomic E-state index is 4.29. The number of rotatable bonds is 3. The molecule has 1 unspecified atom stereocenters. The van der Waals surface area contributed by atoms with Crippen molar-refractivity contribution in [2.75, 3.05) is 5.32 Å². The van der Waals surface area contributed by atoms with Crippen LogP contribution in [0.2, 0.25) is 0 Å². The van der Waals surface area contributed by atoms with Crippen molar-refractivity contribution in [2.24, 2.45) is 5.41 Å². The van der Waals surface area contributed by atoms with Crippen molar-refractivity contribution in [3.8, 4) is 5.69 Å². The van der Waals surface area contributed by atoms with Crippen LogP contribution in [0.3, 0.4) is 0 Å². The summed E-state index contributed by atoms with van der Waals surface area (Å²) in [5.41, 5.74) is 2.67. The first-order valence-corrected chi connectivity index (χ1v) is 7.52. The van der Waals surface area contributed by atoms with E-state index in [1.807, 2.05) is 23.1 Å². The molecule has 0 bridgehead atoms. The lowest BCUT2D eigenvalue weighted by Gasteiger charge is -2.39. The second-order valence-electron chi connectivity index (χ2n) is 6.43. The largest absolute Gasteiger partial charge is 0.382 e. The van der Waals surface area contributed by atoms with Crippen LogP contribution in [0.25, 0.3) is 5.69 Å². The summed E-state index contributed by atoms with van der Waals surface area (Å²) in [6, 6.07) is 11.0. The van der Waals surface area contributed by atoms with Crippen molar-refractivity contribution in [1.82, 2.24) is 9.78 Å². The van der Waals surface area contributed by atoms with Crippen LogP contribution < -0.4 is 5.32 Å². The highest BCUT2D eigenvalue weighted by Crippen LogP contribution is 2.37. The summed E-state index contributed by atoms with van der Waals surface area (Å²) in [6.07, 6.45) is 9.05. The van der Waals surface area contributed by atoms with Crippen LogP contribution in [-0.4, -0.2) is 15.8 Å². The van der Waals surface area contributed by atoms with Crippen molar-refractivity contribution in [1.29, 1.82) is 0 Å². The lowest BCUT2D eigenvalue weighted by atomic mass is 9.73. The van der Waals surface area contributed by atoms with E-state index in [-0.39, 0.29) is 0 Å². The fourth-order valence-corrected chi connectivity index (χ4v) is 3.12. The number of benzene rings is 1. The van der Waals surface area contributed by atoms with Crippen LogP contribution in [-0.2, 0) is 0 Å². The summed E-state index contributed by atoms with van der Waals surface area (Å²) in [6.45, 7) is 4.75. The zero-order chi connectivity index (χ0) is 14.0. The molecule has 0 saturated heterocycles. The van der Waals surface area contributed by atoms with E-state index in [9.17, 15) is 0 Å². The van der Waals surface area contributed by atoms with Crippen molar-refractivity contribution in [3.05, 3.63) is 42.7 Å². The molecule has 3 rings (SSSR count). The zero-order valence-corrected chi connectivity index (χ0v) is 12.3. The molecule has 0 aliphatic heterocycles. The van der Waals surface area contributed by atoms with E-state index >= 15 is 0 Å². The molecule has 1 atom stereocenters. The molecular formula is C17H23N3. The summed E-state index contributed by atoms with van der Waals surface area (Å²) in [4.78, 5) is 0. The van der Waals surface area contributed by atoms with E-state index in [1.165, 1.54) is 31.4 Å². The van der Waals surface area contributed by atoms with Gasteiger partial charge in [0.25, 0.3) is 0 Å². The van der Waals surface area contributed by atoms with Crippen molar-refractivity contribution in [2.45, 2.75) is 45.6 Å². The summed E-state index contributed by atoms with van der Waals surface area (Å²) in [7, 11) is 0. The quantitative estimate of drug-likeness (QED) is 0.902. The molecule has 1 N–H and O–H groups in total. The molecule has 0 amide bonds. The third-order valence-electron chi connectivity index (χ3n) is 4.46. The van der Waals surface area contributed by atoms with Crippen molar-refractivity contribution in [3.63, 3.8) is 0 Å². The topological polar surface area (TPSA) is 29.9 Å². The monoisotopic (exact) mass is 269 g/mol. The van der Waals surface area contributed by atoms with E-state index in [1.54, 1.807) is 0 Å². The summed E-state index contributed by atoms with van der Waals surface area (Å²) in [5, 5.41) is 8.02. The van der Waals surface area contributed by atoms with Gasteiger partial charge >= 0.3 is 0 Å². The highest BCUT2D eigenvalue weighted by Gasteiger charge is 2.31. The molecule has 1 fully saturated rings. The van der Waals surface area contributed by atoms with Gasteiger partial charge in [-0.25, -0.2) is 4.68 Å². The Kier molecular flexibility index (Phi) is 3.51. The van der Waals surface area contributed by atoms with Gasteiger partial charge in [-0.1, -0.05) is 32.8 Å². The van der Waals surface area contributed by atoms with E-state index in [4.69, 9.17) is 0 Å². The molecule has 20 heavy (non-hydrogen) atoms. The third-order valence-corrected chi connectivity index (χ3v) is 4.46. The Hall–Kier alpha value is -1.77. The fourth-order valence-electron chi connectivity index (χ4n) is 3.12. The molecule has 3 nitrogen and oxygen atoms in total. The van der Waals surface area contributed by atoms with Gasteiger partial charge in [-0.2, -0.15) is 5.10 Å². The SMILES string of the molecule is CC1(C)CCCCC1Nc1cccc(-n2cccn2)c1. The normalized spacial score (nSPS) is 21.6. The molecule has 1 aromatic heterocycles. The van der Waals surface area contributed by atoms with Crippen LogP contribution in [0.1, 0.15) is 39.5 Å². The number of hydrogen-bond acceptors (Lipinski definition) is 2. The summed E-state index contributed by atoms with van der Waals surface area (Å²) in [5.74, 6) is 0. The van der Waals surface area contributed by atoms with Gasteiger partial charge in [0.1, 0.15) is 0 Å². The van der Waals surface area contributed by atoms with Crippen LogP contribution in [0.15, 0.2) is 42.7 Å². The average Bonchev–Trinajstić information content (AvgIpc) is 2.96. The van der Waals surface area contributed by atoms with Crippen LogP contribution in [0.4, 0.5) is 5.69 Å². The van der Waals surface area contributed by atoms with Crippen molar-refractivity contribution < 1.29 is 0 Å². The average molecular weight is 269 g/mol. The minimum atomic E-state index is 0.375. The molecule has 1 aromatic carbocycles. The molecule has 1 aliphatic rings. The zero-order valence-electron chi connectivity index (χ0n) is 12.3. The van der Waals surface area contributed by atoms with Gasteiger partial charge in [0.05, 0.1) is 5.69 Å². The minimum absolute atomic E-state index is 0.375. The first-order valence-electron chi connectivity index (χ1n) is 7.52. The highest BCUT2D eigenvalue weighted by atomic mass is 15.3. The van der Waals surface area contributed by atoms with Gasteiger partial charge in [-0.05, 0) is 42.5 Å². The van der Waals surface area contributed by atoms with Gasteiger partial charge in [0.15, 0.2) is 0 Å². The third kappa shape index (κ3) is 2.72. The summed E-state index contributed by atoms with van der Waals surface area (Å²) >= 11 is 0. The van der Waals surface area contributed by atoms with Gasteiger partial charge in [0.2, 0.25) is 0 Å². The molecule has 1 saturated carbocycles. The first kappa shape index (κ1) is 13.2. The lowest BCUT2D eigenvalue weighted by molar-refractivity contribution is 0.217. The standard InChI is InChI=1S/C17H23N3/c1-17(2)10-4-3-9-16(17)19-14-7-5-8-15(13-14)20-12-6-11-18-20/h5-8,11-13,16,19H,3-4,9-10H2,1-2H3. The number of anilines is 1. The van der Waals surface area contributed by atoms with Crippen LogP contribution in [0, 0.1) is 5.41 Å². The second-order valence-corrected chi connectivity index (χ2v) is 6.43. The van der Waals surface area contributed by atoms with E-state index < -0.39 is 0 Å². The Bertz CT molecular complexity index is 557.